The van der Waals surface area contributed by atoms with Crippen molar-refractivity contribution in [3.05, 3.63) is 35.9 Å². The molecule has 1 heterocycles. The molecule has 0 radical (unpaired) electrons. The van der Waals surface area contributed by atoms with Gasteiger partial charge in [-0.05, 0) is 44.8 Å². The Hall–Kier alpha value is -1.32. The molecule has 0 N–H and O–H groups in total. The number of halogens is 1. The maximum absolute atomic E-state index is 6.08. The fourth-order valence-corrected chi connectivity index (χ4v) is 2.50. The smallest absolute Gasteiger partial charge is 0.129 e. The summed E-state index contributed by atoms with van der Waals surface area (Å²) in [5.74, 6) is 1.51. The summed E-state index contributed by atoms with van der Waals surface area (Å²) in [4.78, 5) is 9.14. The van der Waals surface area contributed by atoms with Crippen LogP contribution in [0.4, 0.5) is 5.82 Å². The number of hydrogen-bond acceptors (Lipinski definition) is 3. The Morgan fingerprint density at radius 3 is 2.55 bits per heavy atom. The van der Waals surface area contributed by atoms with Crippen LogP contribution in [0.15, 0.2) is 30.3 Å². The van der Waals surface area contributed by atoms with E-state index >= 15 is 0 Å². The summed E-state index contributed by atoms with van der Waals surface area (Å²) < 4.78 is 0. The largest absolute Gasteiger partial charge is 0.360 e. The van der Waals surface area contributed by atoms with Crippen molar-refractivity contribution in [3.8, 4) is 0 Å². The van der Waals surface area contributed by atoms with Gasteiger partial charge in [-0.3, -0.25) is 0 Å². The highest BCUT2D eigenvalue weighted by molar-refractivity contribution is 6.18. The zero-order valence-electron chi connectivity index (χ0n) is 12.4. The summed E-state index contributed by atoms with van der Waals surface area (Å²) in [5, 5.41) is 1.15. The highest BCUT2D eigenvalue weighted by Crippen LogP contribution is 2.23. The van der Waals surface area contributed by atoms with Crippen LogP contribution >= 0.6 is 11.6 Å². The topological polar surface area (TPSA) is 19.4 Å². The van der Waals surface area contributed by atoms with E-state index in [0.717, 1.165) is 41.8 Å². The number of rotatable bonds is 6. The number of fused-ring (bicyclic) bond motifs is 1. The first-order chi connectivity index (χ1) is 9.61. The van der Waals surface area contributed by atoms with Crippen LogP contribution in [0.3, 0.4) is 0 Å². The zero-order valence-corrected chi connectivity index (χ0v) is 13.2. The molecule has 108 valence electrons. The van der Waals surface area contributed by atoms with Gasteiger partial charge in [-0.2, -0.15) is 0 Å². The molecular formula is C16H22ClN3. The van der Waals surface area contributed by atoms with Crippen LogP contribution < -0.4 is 4.90 Å². The highest BCUT2D eigenvalue weighted by Gasteiger charge is 2.08. The number of para-hydroxylation sites is 1. The SMILES string of the molecule is CN(C)CCCN(C)c1cc(CCl)c2ccccc2n1. The van der Waals surface area contributed by atoms with Gasteiger partial charge in [0.15, 0.2) is 0 Å². The molecule has 0 spiro atoms. The lowest BCUT2D eigenvalue weighted by atomic mass is 10.1. The van der Waals surface area contributed by atoms with E-state index in [0.29, 0.717) is 5.88 Å². The summed E-state index contributed by atoms with van der Waals surface area (Å²) in [5.41, 5.74) is 2.16. The Morgan fingerprint density at radius 2 is 1.85 bits per heavy atom. The quantitative estimate of drug-likeness (QED) is 0.761. The molecule has 0 aliphatic heterocycles. The number of aromatic nitrogens is 1. The summed E-state index contributed by atoms with van der Waals surface area (Å²) in [7, 11) is 6.28. The number of benzene rings is 1. The Kier molecular flexibility index (Phi) is 5.21. The fraction of sp³-hybridized carbons (Fsp3) is 0.438. The Labute approximate surface area is 126 Å². The van der Waals surface area contributed by atoms with Crippen molar-refractivity contribution >= 4 is 28.3 Å². The van der Waals surface area contributed by atoms with Gasteiger partial charge in [0.1, 0.15) is 5.82 Å². The predicted molar refractivity (Wildman–Crippen MR) is 87.7 cm³/mol. The summed E-state index contributed by atoms with van der Waals surface area (Å²) in [6.45, 7) is 2.07. The van der Waals surface area contributed by atoms with Crippen LogP contribution in [0.2, 0.25) is 0 Å². The molecule has 0 fully saturated rings. The van der Waals surface area contributed by atoms with Gasteiger partial charge in [-0.15, -0.1) is 11.6 Å². The highest BCUT2D eigenvalue weighted by atomic mass is 35.5. The van der Waals surface area contributed by atoms with Crippen molar-refractivity contribution in [1.29, 1.82) is 0 Å². The second-order valence-corrected chi connectivity index (χ2v) is 5.64. The fourth-order valence-electron chi connectivity index (χ4n) is 2.28. The minimum atomic E-state index is 0.515. The second-order valence-electron chi connectivity index (χ2n) is 5.37. The molecule has 1 aromatic heterocycles. The number of pyridine rings is 1. The zero-order chi connectivity index (χ0) is 14.5. The summed E-state index contributed by atoms with van der Waals surface area (Å²) in [6, 6.07) is 10.3. The van der Waals surface area contributed by atoms with Crippen LogP contribution in [-0.2, 0) is 5.88 Å². The van der Waals surface area contributed by atoms with Crippen LogP contribution in [0, 0.1) is 0 Å². The lowest BCUT2D eigenvalue weighted by molar-refractivity contribution is 0.401. The molecule has 4 heteroatoms. The molecule has 0 saturated carbocycles. The number of anilines is 1. The number of alkyl halides is 1. The lowest BCUT2D eigenvalue weighted by Crippen LogP contribution is -2.24. The number of nitrogens with zero attached hydrogens (tertiary/aromatic N) is 3. The standard InChI is InChI=1S/C16H22ClN3/c1-19(2)9-6-10-20(3)16-11-13(12-17)14-7-4-5-8-15(14)18-16/h4-5,7-8,11H,6,9-10,12H2,1-3H3. The van der Waals surface area contributed by atoms with Gasteiger partial charge >= 0.3 is 0 Å². The molecule has 0 atom stereocenters. The van der Waals surface area contributed by atoms with Crippen molar-refractivity contribution in [1.82, 2.24) is 9.88 Å². The predicted octanol–water partition coefficient (Wildman–Crippen LogP) is 3.36. The van der Waals surface area contributed by atoms with Crippen molar-refractivity contribution in [2.45, 2.75) is 12.3 Å². The first-order valence-corrected chi connectivity index (χ1v) is 7.45. The Morgan fingerprint density at radius 1 is 1.10 bits per heavy atom. The molecule has 2 aromatic rings. The van der Waals surface area contributed by atoms with Gasteiger partial charge < -0.3 is 9.80 Å². The Balaban J connectivity index is 2.21. The molecular weight excluding hydrogens is 270 g/mol. The van der Waals surface area contributed by atoms with Crippen molar-refractivity contribution in [2.24, 2.45) is 0 Å². The normalized spacial score (nSPS) is 11.2. The molecule has 0 saturated heterocycles. The molecule has 2 rings (SSSR count). The first kappa shape index (κ1) is 15.1. The Bertz CT molecular complexity index is 569. The molecule has 0 bridgehead atoms. The van der Waals surface area contributed by atoms with Gasteiger partial charge in [-0.25, -0.2) is 4.98 Å². The monoisotopic (exact) mass is 291 g/mol. The van der Waals surface area contributed by atoms with Crippen molar-refractivity contribution in [2.75, 3.05) is 39.1 Å². The molecule has 1 aromatic carbocycles. The van der Waals surface area contributed by atoms with Gasteiger partial charge in [0, 0.05) is 24.9 Å². The van der Waals surface area contributed by atoms with E-state index < -0.39 is 0 Å². The minimum absolute atomic E-state index is 0.515. The van der Waals surface area contributed by atoms with Crippen molar-refractivity contribution in [3.63, 3.8) is 0 Å². The molecule has 0 aliphatic rings. The van der Waals surface area contributed by atoms with E-state index in [1.54, 1.807) is 0 Å². The van der Waals surface area contributed by atoms with Gasteiger partial charge in [-0.1, -0.05) is 18.2 Å². The minimum Gasteiger partial charge on any atom is -0.360 e. The summed E-state index contributed by atoms with van der Waals surface area (Å²) in [6.07, 6.45) is 1.12. The lowest BCUT2D eigenvalue weighted by Gasteiger charge is -2.20. The average molecular weight is 292 g/mol. The van der Waals surface area contributed by atoms with Crippen LogP contribution in [0.1, 0.15) is 12.0 Å². The third-order valence-electron chi connectivity index (χ3n) is 3.42. The van der Waals surface area contributed by atoms with Crippen LogP contribution in [0.5, 0.6) is 0 Å². The van der Waals surface area contributed by atoms with E-state index in [2.05, 4.69) is 43.1 Å². The maximum Gasteiger partial charge on any atom is 0.129 e. The molecule has 3 nitrogen and oxygen atoms in total. The second kappa shape index (κ2) is 6.91. The summed E-state index contributed by atoms with van der Waals surface area (Å²) >= 11 is 6.08. The molecule has 0 unspecified atom stereocenters. The van der Waals surface area contributed by atoms with Crippen LogP contribution in [-0.4, -0.2) is 44.1 Å². The van der Waals surface area contributed by atoms with Crippen LogP contribution in [0.25, 0.3) is 10.9 Å². The van der Waals surface area contributed by atoms with Gasteiger partial charge in [0.25, 0.3) is 0 Å². The maximum atomic E-state index is 6.08. The average Bonchev–Trinajstić information content (AvgIpc) is 2.45. The van der Waals surface area contributed by atoms with Gasteiger partial charge in [0.2, 0.25) is 0 Å². The van der Waals surface area contributed by atoms with E-state index in [4.69, 9.17) is 16.6 Å². The van der Waals surface area contributed by atoms with Gasteiger partial charge in [0.05, 0.1) is 5.52 Å². The molecule has 20 heavy (non-hydrogen) atoms. The van der Waals surface area contributed by atoms with E-state index in [1.807, 2.05) is 18.2 Å². The third-order valence-corrected chi connectivity index (χ3v) is 3.71. The van der Waals surface area contributed by atoms with E-state index in [1.165, 1.54) is 0 Å². The molecule has 0 aliphatic carbocycles. The molecule has 0 amide bonds. The first-order valence-electron chi connectivity index (χ1n) is 6.92. The van der Waals surface area contributed by atoms with E-state index in [-0.39, 0.29) is 0 Å². The van der Waals surface area contributed by atoms with E-state index in [9.17, 15) is 0 Å². The third kappa shape index (κ3) is 3.62. The van der Waals surface area contributed by atoms with Crippen molar-refractivity contribution < 1.29 is 0 Å². The number of hydrogen-bond donors (Lipinski definition) is 0.